The predicted molar refractivity (Wildman–Crippen MR) is 79.0 cm³/mol. The first kappa shape index (κ1) is 14.8. The van der Waals surface area contributed by atoms with Crippen LogP contribution in [0.25, 0.3) is 0 Å². The topological polar surface area (TPSA) is 32.3 Å². The van der Waals surface area contributed by atoms with E-state index in [0.29, 0.717) is 17.7 Å². The van der Waals surface area contributed by atoms with Crippen molar-refractivity contribution in [2.45, 2.75) is 51.9 Å². The van der Waals surface area contributed by atoms with Crippen LogP contribution in [-0.2, 0) is 4.79 Å². The Kier molecular flexibility index (Phi) is 5.68. The Labute approximate surface area is 118 Å². The molecule has 0 aromatic rings. The Balaban J connectivity index is 1.74. The summed E-state index contributed by atoms with van der Waals surface area (Å²) >= 11 is 0. The van der Waals surface area contributed by atoms with Crippen LogP contribution in [0.15, 0.2) is 0 Å². The first-order chi connectivity index (χ1) is 9.20. The summed E-state index contributed by atoms with van der Waals surface area (Å²) in [6.07, 6.45) is 8.78. The zero-order valence-electron chi connectivity index (χ0n) is 12.7. The molecule has 1 aliphatic heterocycles. The van der Waals surface area contributed by atoms with E-state index in [2.05, 4.69) is 17.1 Å². The zero-order chi connectivity index (χ0) is 13.7. The maximum Gasteiger partial charge on any atom is 0.222 e. The molecule has 2 fully saturated rings. The number of hydrogen-bond acceptors (Lipinski definition) is 2. The minimum Gasteiger partial charge on any atom is -0.342 e. The number of nitrogens with one attached hydrogen (secondary N) is 1. The van der Waals surface area contributed by atoms with Crippen molar-refractivity contribution < 1.29 is 4.79 Å². The van der Waals surface area contributed by atoms with Gasteiger partial charge in [-0.15, -0.1) is 0 Å². The fraction of sp³-hybridized carbons (Fsp3) is 0.938. The molecular weight excluding hydrogens is 236 g/mol. The molecule has 3 nitrogen and oxygen atoms in total. The van der Waals surface area contributed by atoms with Crippen molar-refractivity contribution >= 4 is 5.91 Å². The Bertz CT molecular complexity index is 286. The predicted octanol–water partition coefficient (Wildman–Crippen LogP) is 2.66. The highest BCUT2D eigenvalue weighted by molar-refractivity contribution is 5.76. The molecule has 1 saturated carbocycles. The Morgan fingerprint density at radius 1 is 1.26 bits per heavy atom. The highest BCUT2D eigenvalue weighted by atomic mass is 16.2. The molecule has 0 aromatic carbocycles. The fourth-order valence-corrected chi connectivity index (χ4v) is 3.79. The summed E-state index contributed by atoms with van der Waals surface area (Å²) in [6.45, 7) is 5.27. The minimum absolute atomic E-state index is 0.400. The molecule has 1 N–H and O–H groups in total. The quantitative estimate of drug-likeness (QED) is 0.829. The molecule has 1 amide bonds. The number of likely N-dealkylation sites (tertiary alicyclic amines) is 1. The van der Waals surface area contributed by atoms with Crippen molar-refractivity contribution in [3.63, 3.8) is 0 Å². The van der Waals surface area contributed by atoms with E-state index < -0.39 is 0 Å². The van der Waals surface area contributed by atoms with Crippen molar-refractivity contribution in [2.24, 2.45) is 17.8 Å². The summed E-state index contributed by atoms with van der Waals surface area (Å²) in [4.78, 5) is 14.5. The lowest BCUT2D eigenvalue weighted by Crippen LogP contribution is -2.32. The second-order valence-corrected chi connectivity index (χ2v) is 6.63. The lowest BCUT2D eigenvalue weighted by Gasteiger charge is -2.28. The average molecular weight is 266 g/mol. The Morgan fingerprint density at radius 3 is 2.68 bits per heavy atom. The van der Waals surface area contributed by atoms with Crippen molar-refractivity contribution in [3.05, 3.63) is 0 Å². The van der Waals surface area contributed by atoms with Crippen molar-refractivity contribution in [1.82, 2.24) is 10.2 Å². The smallest absolute Gasteiger partial charge is 0.222 e. The van der Waals surface area contributed by atoms with E-state index >= 15 is 0 Å². The highest BCUT2D eigenvalue weighted by Gasteiger charge is 2.28. The molecule has 1 saturated heterocycles. The van der Waals surface area contributed by atoms with Gasteiger partial charge in [-0.1, -0.05) is 39.0 Å². The van der Waals surface area contributed by atoms with Crippen LogP contribution in [0.5, 0.6) is 0 Å². The molecule has 2 rings (SSSR count). The normalized spacial score (nSPS) is 26.6. The van der Waals surface area contributed by atoms with E-state index in [0.717, 1.165) is 32.0 Å². The van der Waals surface area contributed by atoms with Crippen LogP contribution in [0.2, 0.25) is 0 Å². The van der Waals surface area contributed by atoms with Crippen LogP contribution < -0.4 is 5.32 Å². The van der Waals surface area contributed by atoms with Gasteiger partial charge in [0.2, 0.25) is 5.91 Å². The number of rotatable bonds is 5. The molecule has 110 valence electrons. The van der Waals surface area contributed by atoms with Gasteiger partial charge in [-0.25, -0.2) is 0 Å². The van der Waals surface area contributed by atoms with Gasteiger partial charge in [-0.3, -0.25) is 4.79 Å². The summed E-state index contributed by atoms with van der Waals surface area (Å²) in [6, 6.07) is 0. The molecule has 0 aromatic heterocycles. The van der Waals surface area contributed by atoms with Crippen LogP contribution in [0.1, 0.15) is 51.9 Å². The van der Waals surface area contributed by atoms with Gasteiger partial charge in [-0.05, 0) is 37.8 Å². The number of amides is 1. The second kappa shape index (κ2) is 7.28. The second-order valence-electron chi connectivity index (χ2n) is 6.63. The maximum absolute atomic E-state index is 12.4. The molecule has 2 aliphatic rings. The average Bonchev–Trinajstić information content (AvgIpc) is 2.89. The zero-order valence-corrected chi connectivity index (χ0v) is 12.7. The number of nitrogens with zero attached hydrogens (tertiary/aromatic N) is 1. The van der Waals surface area contributed by atoms with Crippen LogP contribution in [0.3, 0.4) is 0 Å². The number of hydrogen-bond donors (Lipinski definition) is 1. The standard InChI is InChI=1S/C16H30N2O/c1-13(15-6-4-3-5-7-15)10-16(19)18-9-8-14(12-18)11-17-2/h13-15,17H,3-12H2,1-2H3. The number of carbonyl (C=O) groups is 1. The van der Waals surface area contributed by atoms with Gasteiger partial charge in [0.05, 0.1) is 0 Å². The van der Waals surface area contributed by atoms with Gasteiger partial charge in [-0.2, -0.15) is 0 Å². The Hall–Kier alpha value is -0.570. The molecule has 3 heteroatoms. The monoisotopic (exact) mass is 266 g/mol. The summed E-state index contributed by atoms with van der Waals surface area (Å²) in [7, 11) is 2.00. The summed E-state index contributed by atoms with van der Waals surface area (Å²) in [5.41, 5.74) is 0. The third-order valence-electron chi connectivity index (χ3n) is 5.08. The highest BCUT2D eigenvalue weighted by Crippen LogP contribution is 2.32. The van der Waals surface area contributed by atoms with Crippen LogP contribution in [0, 0.1) is 17.8 Å². The van der Waals surface area contributed by atoms with Crippen molar-refractivity contribution in [2.75, 3.05) is 26.7 Å². The van der Waals surface area contributed by atoms with E-state index in [4.69, 9.17) is 0 Å². The van der Waals surface area contributed by atoms with Gasteiger partial charge in [0.15, 0.2) is 0 Å². The number of carbonyl (C=O) groups excluding carboxylic acids is 1. The summed E-state index contributed by atoms with van der Waals surface area (Å²) < 4.78 is 0. The Morgan fingerprint density at radius 2 is 2.00 bits per heavy atom. The van der Waals surface area contributed by atoms with Crippen molar-refractivity contribution in [1.29, 1.82) is 0 Å². The largest absolute Gasteiger partial charge is 0.342 e. The van der Waals surface area contributed by atoms with Crippen molar-refractivity contribution in [3.8, 4) is 0 Å². The fourth-order valence-electron chi connectivity index (χ4n) is 3.79. The first-order valence-electron chi connectivity index (χ1n) is 8.13. The molecule has 0 bridgehead atoms. The van der Waals surface area contributed by atoms with Crippen LogP contribution in [-0.4, -0.2) is 37.5 Å². The van der Waals surface area contributed by atoms with Gasteiger partial charge in [0.25, 0.3) is 0 Å². The molecule has 1 aliphatic carbocycles. The first-order valence-corrected chi connectivity index (χ1v) is 8.13. The minimum atomic E-state index is 0.400. The van der Waals surface area contributed by atoms with Gasteiger partial charge >= 0.3 is 0 Å². The van der Waals surface area contributed by atoms with Gasteiger partial charge in [0, 0.05) is 19.5 Å². The third kappa shape index (κ3) is 4.20. The van der Waals surface area contributed by atoms with E-state index in [-0.39, 0.29) is 0 Å². The van der Waals surface area contributed by atoms with Gasteiger partial charge in [0.1, 0.15) is 0 Å². The molecule has 2 unspecified atom stereocenters. The third-order valence-corrected chi connectivity index (χ3v) is 5.08. The van der Waals surface area contributed by atoms with E-state index in [1.54, 1.807) is 0 Å². The van der Waals surface area contributed by atoms with Crippen LogP contribution in [0.4, 0.5) is 0 Å². The molecular formula is C16H30N2O. The summed E-state index contributed by atoms with van der Waals surface area (Å²) in [5.74, 6) is 2.44. The summed E-state index contributed by atoms with van der Waals surface area (Å²) in [5, 5.41) is 3.22. The molecule has 0 radical (unpaired) electrons. The van der Waals surface area contributed by atoms with E-state index in [9.17, 15) is 4.79 Å². The van der Waals surface area contributed by atoms with Gasteiger partial charge < -0.3 is 10.2 Å². The molecule has 1 heterocycles. The lowest BCUT2D eigenvalue weighted by atomic mass is 9.79. The van der Waals surface area contributed by atoms with Crippen LogP contribution >= 0.6 is 0 Å². The molecule has 19 heavy (non-hydrogen) atoms. The maximum atomic E-state index is 12.4. The molecule has 0 spiro atoms. The van der Waals surface area contributed by atoms with E-state index in [1.165, 1.54) is 38.5 Å². The SMILES string of the molecule is CNCC1CCN(C(=O)CC(C)C2CCCCC2)C1. The van der Waals surface area contributed by atoms with E-state index in [1.807, 2.05) is 7.05 Å². The lowest BCUT2D eigenvalue weighted by molar-refractivity contribution is -0.131. The molecule has 2 atom stereocenters.